The summed E-state index contributed by atoms with van der Waals surface area (Å²) in [7, 11) is 0. The number of nitriles is 1. The van der Waals surface area contributed by atoms with Crippen LogP contribution in [0.3, 0.4) is 0 Å². The largest absolute Gasteiger partial charge is 0.490 e. The molecular formula is C17H22N6O2. The number of fused-ring (bicyclic) bond motifs is 1. The Hall–Kier alpha value is -3.08. The molecule has 1 aliphatic heterocycles. The van der Waals surface area contributed by atoms with E-state index in [2.05, 4.69) is 10.5 Å². The molecule has 1 aliphatic rings. The fraction of sp³-hybridized carbons (Fsp3) is 0.412. The predicted molar refractivity (Wildman–Crippen MR) is 96.9 cm³/mol. The van der Waals surface area contributed by atoms with Gasteiger partial charge in [0.2, 0.25) is 11.6 Å². The van der Waals surface area contributed by atoms with Crippen molar-refractivity contribution in [1.29, 1.82) is 10.7 Å². The average Bonchev–Trinajstić information content (AvgIpc) is 2.66. The Bertz CT molecular complexity index is 763. The van der Waals surface area contributed by atoms with Gasteiger partial charge in [-0.3, -0.25) is 15.6 Å². The van der Waals surface area contributed by atoms with Gasteiger partial charge in [-0.2, -0.15) is 10.4 Å². The van der Waals surface area contributed by atoms with Crippen molar-refractivity contribution in [1.82, 2.24) is 0 Å². The highest BCUT2D eigenvalue weighted by Gasteiger charge is 2.37. The number of nitrogens with two attached hydrogens (primary N) is 1. The first-order chi connectivity index (χ1) is 11.8. The Kier molecular flexibility index (Phi) is 5.27. The number of rotatable bonds is 5. The molecule has 0 aliphatic carbocycles. The Labute approximate surface area is 146 Å². The van der Waals surface area contributed by atoms with Gasteiger partial charge in [0.25, 0.3) is 0 Å². The van der Waals surface area contributed by atoms with Gasteiger partial charge in [0.05, 0.1) is 16.8 Å². The minimum atomic E-state index is -0.622. The molecule has 0 saturated carbocycles. The summed E-state index contributed by atoms with van der Waals surface area (Å²) in [6.45, 7) is 6.61. The van der Waals surface area contributed by atoms with E-state index >= 15 is 0 Å². The molecule has 25 heavy (non-hydrogen) atoms. The zero-order valence-electron chi connectivity index (χ0n) is 14.6. The third-order valence-electron chi connectivity index (χ3n) is 3.77. The van der Waals surface area contributed by atoms with Crippen molar-refractivity contribution >= 4 is 28.8 Å². The quantitative estimate of drug-likeness (QED) is 0.429. The van der Waals surface area contributed by atoms with Crippen molar-refractivity contribution in [3.8, 4) is 11.8 Å². The smallest absolute Gasteiger partial charge is 0.236 e. The normalized spacial score (nSPS) is 16.3. The number of amides is 1. The Morgan fingerprint density at radius 2 is 2.28 bits per heavy atom. The molecule has 0 aromatic heterocycles. The Morgan fingerprint density at radius 3 is 2.88 bits per heavy atom. The van der Waals surface area contributed by atoms with Gasteiger partial charge in [-0.25, -0.2) is 0 Å². The van der Waals surface area contributed by atoms with E-state index in [1.165, 1.54) is 0 Å². The zero-order chi connectivity index (χ0) is 18.6. The highest BCUT2D eigenvalue weighted by Crippen LogP contribution is 2.38. The fourth-order valence-corrected chi connectivity index (χ4v) is 2.43. The second-order valence-electron chi connectivity index (χ2n) is 6.41. The van der Waals surface area contributed by atoms with Gasteiger partial charge >= 0.3 is 0 Å². The first-order valence-electron chi connectivity index (χ1n) is 7.97. The van der Waals surface area contributed by atoms with Gasteiger partial charge in [-0.1, -0.05) is 6.92 Å². The second-order valence-corrected chi connectivity index (χ2v) is 6.41. The van der Waals surface area contributed by atoms with E-state index in [-0.39, 0.29) is 18.2 Å². The number of nitrogens with one attached hydrogen (secondary N) is 2. The minimum Gasteiger partial charge on any atom is -0.490 e. The van der Waals surface area contributed by atoms with Crippen molar-refractivity contribution in [2.45, 2.75) is 27.2 Å². The van der Waals surface area contributed by atoms with E-state index in [1.54, 1.807) is 29.2 Å². The molecule has 1 amide bonds. The number of carbonyl (C=O) groups excluding carboxylic acids is 1. The van der Waals surface area contributed by atoms with E-state index < -0.39 is 11.3 Å². The molecule has 0 unspecified atom stereocenters. The van der Waals surface area contributed by atoms with Crippen LogP contribution >= 0.6 is 0 Å². The number of nitrogens with zero attached hydrogens (tertiary/aromatic N) is 3. The lowest BCUT2D eigenvalue weighted by molar-refractivity contribution is -0.127. The minimum absolute atomic E-state index is 0.0233. The number of benzene rings is 1. The van der Waals surface area contributed by atoms with Crippen LogP contribution < -0.4 is 20.8 Å². The van der Waals surface area contributed by atoms with Crippen LogP contribution in [0.2, 0.25) is 0 Å². The fourth-order valence-electron chi connectivity index (χ4n) is 2.43. The zero-order valence-corrected chi connectivity index (χ0v) is 14.6. The van der Waals surface area contributed by atoms with Crippen molar-refractivity contribution in [2.75, 3.05) is 23.5 Å². The monoisotopic (exact) mass is 342 g/mol. The van der Waals surface area contributed by atoms with E-state index in [9.17, 15) is 4.79 Å². The molecule has 0 saturated heterocycles. The number of ether oxygens (including phenoxy) is 1. The lowest BCUT2D eigenvalue weighted by Crippen LogP contribution is -2.42. The summed E-state index contributed by atoms with van der Waals surface area (Å²) in [5, 5.41) is 19.9. The highest BCUT2D eigenvalue weighted by molar-refractivity contribution is 6.45. The molecule has 132 valence electrons. The molecule has 0 bridgehead atoms. The number of hydrogen-bond acceptors (Lipinski definition) is 6. The molecular weight excluding hydrogens is 320 g/mol. The number of carbonyl (C=O) groups is 1. The van der Waals surface area contributed by atoms with Gasteiger partial charge in [-0.05, 0) is 32.4 Å². The summed E-state index contributed by atoms with van der Waals surface area (Å²) >= 11 is 0. The summed E-state index contributed by atoms with van der Waals surface area (Å²) in [5.41, 5.74) is 8.39. The molecule has 1 aromatic carbocycles. The number of hydrazone groups is 1. The first-order valence-corrected chi connectivity index (χ1v) is 7.97. The van der Waals surface area contributed by atoms with Crippen LogP contribution in [-0.2, 0) is 4.79 Å². The lowest BCUT2D eigenvalue weighted by Gasteiger charge is -2.27. The van der Waals surface area contributed by atoms with Crippen molar-refractivity contribution < 1.29 is 9.53 Å². The van der Waals surface area contributed by atoms with Crippen LogP contribution in [0.1, 0.15) is 27.2 Å². The maximum absolute atomic E-state index is 12.8. The summed E-state index contributed by atoms with van der Waals surface area (Å²) in [6, 6.07) is 6.96. The van der Waals surface area contributed by atoms with E-state index in [0.29, 0.717) is 23.7 Å². The SMILES string of the molecule is CCCN1C(=O)C(C)(C)COc2cc(N/N=C(\C#N)C(=N)N)ccc21. The van der Waals surface area contributed by atoms with Crippen LogP contribution in [0.5, 0.6) is 5.75 Å². The van der Waals surface area contributed by atoms with E-state index in [0.717, 1.165) is 6.42 Å². The summed E-state index contributed by atoms with van der Waals surface area (Å²) in [4.78, 5) is 14.5. The van der Waals surface area contributed by atoms with Crippen LogP contribution in [0, 0.1) is 22.2 Å². The molecule has 0 fully saturated rings. The molecule has 2 rings (SSSR count). The predicted octanol–water partition coefficient (Wildman–Crippen LogP) is 2.08. The third-order valence-corrected chi connectivity index (χ3v) is 3.77. The Morgan fingerprint density at radius 1 is 1.56 bits per heavy atom. The van der Waals surface area contributed by atoms with Gasteiger partial charge < -0.3 is 15.4 Å². The van der Waals surface area contributed by atoms with E-state index in [4.69, 9.17) is 21.1 Å². The van der Waals surface area contributed by atoms with Gasteiger partial charge in [0.15, 0.2) is 5.84 Å². The van der Waals surface area contributed by atoms with Crippen LogP contribution in [-0.4, -0.2) is 30.6 Å². The number of anilines is 2. The molecule has 8 heteroatoms. The first kappa shape index (κ1) is 18.3. The maximum Gasteiger partial charge on any atom is 0.236 e. The third kappa shape index (κ3) is 3.88. The molecule has 1 aromatic rings. The van der Waals surface area contributed by atoms with E-state index in [1.807, 2.05) is 20.8 Å². The Balaban J connectivity index is 2.36. The molecule has 8 nitrogen and oxygen atoms in total. The summed E-state index contributed by atoms with van der Waals surface area (Å²) < 4.78 is 5.85. The molecule has 4 N–H and O–H groups in total. The number of hydrogen-bond donors (Lipinski definition) is 3. The molecule has 0 spiro atoms. The van der Waals surface area contributed by atoms with Gasteiger partial charge in [0, 0.05) is 12.6 Å². The van der Waals surface area contributed by atoms with Crippen molar-refractivity contribution in [2.24, 2.45) is 16.3 Å². The van der Waals surface area contributed by atoms with Gasteiger partial charge in [-0.15, -0.1) is 0 Å². The second kappa shape index (κ2) is 7.21. The summed E-state index contributed by atoms with van der Waals surface area (Å²) in [5.74, 6) is 0.173. The van der Waals surface area contributed by atoms with Crippen LogP contribution in [0.4, 0.5) is 11.4 Å². The van der Waals surface area contributed by atoms with Crippen LogP contribution in [0.25, 0.3) is 0 Å². The summed E-state index contributed by atoms with van der Waals surface area (Å²) in [6.07, 6.45) is 0.829. The van der Waals surface area contributed by atoms with Crippen molar-refractivity contribution in [3.05, 3.63) is 18.2 Å². The van der Waals surface area contributed by atoms with Gasteiger partial charge in [0.1, 0.15) is 18.4 Å². The van der Waals surface area contributed by atoms with Crippen LogP contribution in [0.15, 0.2) is 23.3 Å². The number of amidine groups is 1. The average molecular weight is 342 g/mol. The molecule has 1 heterocycles. The molecule has 0 atom stereocenters. The highest BCUT2D eigenvalue weighted by atomic mass is 16.5. The molecule has 0 radical (unpaired) electrons. The lowest BCUT2D eigenvalue weighted by atomic mass is 9.93. The standard InChI is InChI=1S/C17H22N6O2/c1-4-7-23-13-6-5-11(21-22-12(9-18)15(19)20)8-14(13)25-10-17(2,3)16(23)24/h5-6,8,21H,4,7,10H2,1-3H3,(H3,19,20)/b22-12+. The topological polar surface area (TPSA) is 128 Å². The van der Waals surface area contributed by atoms with Crippen molar-refractivity contribution in [3.63, 3.8) is 0 Å². The maximum atomic E-state index is 12.8.